The van der Waals surface area contributed by atoms with Crippen molar-refractivity contribution in [2.45, 2.75) is 13.3 Å². The van der Waals surface area contributed by atoms with E-state index in [-0.39, 0.29) is 18.3 Å². The van der Waals surface area contributed by atoms with Crippen molar-refractivity contribution in [1.29, 1.82) is 0 Å². The summed E-state index contributed by atoms with van der Waals surface area (Å²) < 4.78 is 5.15. The monoisotopic (exact) mass is 541 g/mol. The molecule has 0 spiro atoms. The SMILES string of the molecule is CCOC(=O)c1ccc(C=Cc2cccc(C(N)=NO)c2)c(NC(=O)c2ccc(N3CCCN(C)CC3)cc2)c1. The van der Waals surface area contributed by atoms with Crippen molar-refractivity contribution in [3.8, 4) is 0 Å². The minimum absolute atomic E-state index is 0.0104. The number of hydrogen-bond donors (Lipinski definition) is 3. The topological polar surface area (TPSA) is 120 Å². The fourth-order valence-corrected chi connectivity index (χ4v) is 4.52. The quantitative estimate of drug-likeness (QED) is 0.0957. The number of nitrogens with zero attached hydrogens (tertiary/aromatic N) is 3. The molecule has 0 radical (unpaired) electrons. The fraction of sp³-hybridized carbons (Fsp3) is 0.258. The first kappa shape index (κ1) is 28.4. The molecule has 0 unspecified atom stereocenters. The zero-order chi connectivity index (χ0) is 28.5. The third kappa shape index (κ3) is 7.27. The second kappa shape index (κ2) is 13.4. The van der Waals surface area contributed by atoms with Crippen LogP contribution >= 0.6 is 0 Å². The van der Waals surface area contributed by atoms with E-state index in [1.54, 1.807) is 43.3 Å². The molecule has 1 aliphatic rings. The Kier molecular flexibility index (Phi) is 9.53. The Hall–Kier alpha value is -4.63. The van der Waals surface area contributed by atoms with E-state index in [0.717, 1.165) is 43.9 Å². The smallest absolute Gasteiger partial charge is 0.338 e. The predicted molar refractivity (Wildman–Crippen MR) is 159 cm³/mol. The van der Waals surface area contributed by atoms with E-state index < -0.39 is 5.97 Å². The van der Waals surface area contributed by atoms with Crippen LogP contribution in [-0.2, 0) is 4.74 Å². The van der Waals surface area contributed by atoms with Gasteiger partial charge in [-0.05, 0) is 80.5 Å². The molecular formula is C31H35N5O4. The number of hydrogen-bond acceptors (Lipinski definition) is 7. The minimum Gasteiger partial charge on any atom is -0.462 e. The summed E-state index contributed by atoms with van der Waals surface area (Å²) in [7, 11) is 2.14. The fourth-order valence-electron chi connectivity index (χ4n) is 4.52. The van der Waals surface area contributed by atoms with Gasteiger partial charge in [0, 0.05) is 42.1 Å². The van der Waals surface area contributed by atoms with Gasteiger partial charge in [0.2, 0.25) is 0 Å². The van der Waals surface area contributed by atoms with Gasteiger partial charge in [-0.1, -0.05) is 41.6 Å². The van der Waals surface area contributed by atoms with Crippen LogP contribution in [0.25, 0.3) is 12.2 Å². The summed E-state index contributed by atoms with van der Waals surface area (Å²) in [6, 6.07) is 19.8. The van der Waals surface area contributed by atoms with Crippen LogP contribution in [0.15, 0.2) is 71.9 Å². The number of carbonyl (C=O) groups excluding carboxylic acids is 2. The van der Waals surface area contributed by atoms with Crippen LogP contribution < -0.4 is 16.0 Å². The Balaban J connectivity index is 1.57. The van der Waals surface area contributed by atoms with Gasteiger partial charge in [0.05, 0.1) is 12.2 Å². The van der Waals surface area contributed by atoms with E-state index in [4.69, 9.17) is 15.7 Å². The van der Waals surface area contributed by atoms with E-state index in [0.29, 0.717) is 27.9 Å². The number of carbonyl (C=O) groups is 2. The van der Waals surface area contributed by atoms with E-state index in [1.165, 1.54) is 0 Å². The zero-order valence-corrected chi connectivity index (χ0v) is 22.8. The molecule has 9 nitrogen and oxygen atoms in total. The molecule has 0 atom stereocenters. The maximum absolute atomic E-state index is 13.3. The molecule has 1 fully saturated rings. The molecular weight excluding hydrogens is 506 g/mol. The largest absolute Gasteiger partial charge is 0.462 e. The number of anilines is 2. The summed E-state index contributed by atoms with van der Waals surface area (Å²) in [5.74, 6) is -0.740. The Morgan fingerprint density at radius 2 is 1.75 bits per heavy atom. The van der Waals surface area contributed by atoms with Crippen molar-refractivity contribution >= 4 is 41.2 Å². The molecule has 1 aliphatic heterocycles. The lowest BCUT2D eigenvalue weighted by atomic mass is 10.0. The van der Waals surface area contributed by atoms with Crippen LogP contribution in [0, 0.1) is 0 Å². The number of nitrogens with two attached hydrogens (primary N) is 1. The van der Waals surface area contributed by atoms with Crippen LogP contribution in [0.4, 0.5) is 11.4 Å². The summed E-state index contributed by atoms with van der Waals surface area (Å²) in [6.07, 6.45) is 4.77. The lowest BCUT2D eigenvalue weighted by Crippen LogP contribution is -2.28. The third-order valence-electron chi connectivity index (χ3n) is 6.77. The molecule has 40 heavy (non-hydrogen) atoms. The first-order chi connectivity index (χ1) is 19.4. The van der Waals surface area contributed by atoms with Gasteiger partial charge >= 0.3 is 5.97 Å². The average molecular weight is 542 g/mol. The second-order valence-electron chi connectivity index (χ2n) is 9.61. The number of nitrogens with one attached hydrogen (secondary N) is 1. The second-order valence-corrected chi connectivity index (χ2v) is 9.61. The van der Waals surface area contributed by atoms with E-state index >= 15 is 0 Å². The number of amides is 1. The van der Waals surface area contributed by atoms with E-state index in [9.17, 15) is 9.59 Å². The molecule has 208 valence electrons. The lowest BCUT2D eigenvalue weighted by molar-refractivity contribution is 0.0526. The Labute approximate surface area is 234 Å². The van der Waals surface area contributed by atoms with Gasteiger partial charge in [-0.2, -0.15) is 0 Å². The Morgan fingerprint density at radius 1 is 0.975 bits per heavy atom. The van der Waals surface area contributed by atoms with Gasteiger partial charge in [0.1, 0.15) is 0 Å². The van der Waals surface area contributed by atoms with Crippen molar-refractivity contribution in [3.05, 3.63) is 94.5 Å². The van der Waals surface area contributed by atoms with E-state index in [2.05, 4.69) is 27.3 Å². The molecule has 0 saturated carbocycles. The third-order valence-corrected chi connectivity index (χ3v) is 6.77. The molecule has 0 bridgehead atoms. The number of oxime groups is 1. The molecule has 3 aromatic carbocycles. The molecule has 1 saturated heterocycles. The van der Waals surface area contributed by atoms with Crippen LogP contribution in [0.1, 0.15) is 50.8 Å². The van der Waals surface area contributed by atoms with Gasteiger partial charge in [-0.3, -0.25) is 4.79 Å². The van der Waals surface area contributed by atoms with Gasteiger partial charge in [0.15, 0.2) is 5.84 Å². The highest BCUT2D eigenvalue weighted by Crippen LogP contribution is 2.24. The lowest BCUT2D eigenvalue weighted by Gasteiger charge is -2.23. The van der Waals surface area contributed by atoms with Crippen molar-refractivity contribution in [3.63, 3.8) is 0 Å². The average Bonchev–Trinajstić information content (AvgIpc) is 3.20. The van der Waals surface area contributed by atoms with Gasteiger partial charge in [-0.25, -0.2) is 4.79 Å². The first-order valence-corrected chi connectivity index (χ1v) is 13.3. The zero-order valence-electron chi connectivity index (χ0n) is 22.8. The molecule has 4 N–H and O–H groups in total. The van der Waals surface area contributed by atoms with Gasteiger partial charge in [-0.15, -0.1) is 0 Å². The number of ether oxygens (including phenoxy) is 1. The first-order valence-electron chi connectivity index (χ1n) is 13.3. The van der Waals surface area contributed by atoms with Crippen molar-refractivity contribution < 1.29 is 19.5 Å². The molecule has 0 aliphatic carbocycles. The molecule has 3 aromatic rings. The summed E-state index contributed by atoms with van der Waals surface area (Å²) in [6.45, 7) is 6.00. The predicted octanol–water partition coefficient (Wildman–Crippen LogP) is 4.52. The highest BCUT2D eigenvalue weighted by Gasteiger charge is 2.15. The summed E-state index contributed by atoms with van der Waals surface area (Å²) in [5.41, 5.74) is 10.2. The van der Waals surface area contributed by atoms with Gasteiger partial charge in [0.25, 0.3) is 5.91 Å². The normalized spacial score (nSPS) is 14.7. The number of amidine groups is 1. The van der Waals surface area contributed by atoms with Crippen molar-refractivity contribution in [2.24, 2.45) is 10.9 Å². The maximum atomic E-state index is 13.3. The molecule has 4 rings (SSSR count). The van der Waals surface area contributed by atoms with Crippen molar-refractivity contribution in [2.75, 3.05) is 50.1 Å². The molecule has 1 amide bonds. The van der Waals surface area contributed by atoms with Crippen LogP contribution in [-0.4, -0.2) is 67.7 Å². The van der Waals surface area contributed by atoms with Crippen LogP contribution in [0.5, 0.6) is 0 Å². The number of rotatable bonds is 8. The Bertz CT molecular complexity index is 1400. The highest BCUT2D eigenvalue weighted by atomic mass is 16.5. The van der Waals surface area contributed by atoms with Gasteiger partial charge < -0.3 is 30.8 Å². The van der Waals surface area contributed by atoms with Crippen LogP contribution in [0.3, 0.4) is 0 Å². The number of likely N-dealkylation sites (N-methyl/N-ethyl adjacent to an activating group) is 1. The number of benzene rings is 3. The molecule has 9 heteroatoms. The van der Waals surface area contributed by atoms with Crippen LogP contribution in [0.2, 0.25) is 0 Å². The summed E-state index contributed by atoms with van der Waals surface area (Å²) >= 11 is 0. The standard InChI is InChI=1S/C31H35N5O4/c1-3-40-31(38)26-11-10-23(9-8-22-6-4-7-25(20-22)29(32)34-39)28(21-26)33-30(37)24-12-14-27(15-13-24)36-17-5-16-35(2)18-19-36/h4,6-15,20-21,39H,3,5,16-19H2,1-2H3,(H2,32,34)(H,33,37). The molecule has 1 heterocycles. The molecule has 0 aromatic heterocycles. The minimum atomic E-state index is -0.465. The Morgan fingerprint density at radius 3 is 2.50 bits per heavy atom. The maximum Gasteiger partial charge on any atom is 0.338 e. The van der Waals surface area contributed by atoms with E-state index in [1.807, 2.05) is 42.5 Å². The summed E-state index contributed by atoms with van der Waals surface area (Å²) in [4.78, 5) is 30.3. The summed E-state index contributed by atoms with van der Waals surface area (Å²) in [5, 5.41) is 15.0. The highest BCUT2D eigenvalue weighted by molar-refractivity contribution is 6.06. The number of esters is 1. The van der Waals surface area contributed by atoms with Crippen molar-refractivity contribution in [1.82, 2.24) is 4.90 Å².